The molecule has 3 aromatic carbocycles. The number of benzene rings is 3. The Morgan fingerprint density at radius 2 is 1.75 bits per heavy atom. The van der Waals surface area contributed by atoms with E-state index in [-0.39, 0.29) is 17.4 Å². The van der Waals surface area contributed by atoms with Gasteiger partial charge in [0.05, 0.1) is 12.1 Å². The van der Waals surface area contributed by atoms with E-state index in [1.807, 2.05) is 61.5 Å². The minimum atomic E-state index is -1.84. The second-order valence-corrected chi connectivity index (χ2v) is 11.6. The van der Waals surface area contributed by atoms with Crippen LogP contribution in [0.1, 0.15) is 11.1 Å². The van der Waals surface area contributed by atoms with Gasteiger partial charge in [-0.15, -0.1) is 0 Å². The van der Waals surface area contributed by atoms with Gasteiger partial charge in [0.15, 0.2) is 5.11 Å². The van der Waals surface area contributed by atoms with Crippen molar-refractivity contribution in [3.8, 4) is 0 Å². The van der Waals surface area contributed by atoms with Crippen LogP contribution in [0.5, 0.6) is 0 Å². The molecule has 168 valence electrons. The molecule has 0 heterocycles. The van der Waals surface area contributed by atoms with Crippen LogP contribution in [0.25, 0.3) is 10.8 Å². The van der Waals surface area contributed by atoms with Gasteiger partial charge in [0, 0.05) is 8.95 Å². The fourth-order valence-corrected chi connectivity index (χ4v) is 5.26. The average Bonchev–Trinajstić information content (AvgIpc) is 2.70. The van der Waals surface area contributed by atoms with Crippen molar-refractivity contribution in [2.45, 2.75) is 23.3 Å². The number of anilines is 1. The molecule has 0 fully saturated rings. The third-order valence-electron chi connectivity index (χ3n) is 4.63. The lowest BCUT2D eigenvalue weighted by Gasteiger charge is -2.28. The van der Waals surface area contributed by atoms with Gasteiger partial charge in [-0.05, 0) is 69.1 Å². The summed E-state index contributed by atoms with van der Waals surface area (Å²) in [7, 11) is 0. The highest BCUT2D eigenvalue weighted by Gasteiger charge is 2.34. The maximum absolute atomic E-state index is 12.8. The van der Waals surface area contributed by atoms with Gasteiger partial charge in [-0.25, -0.2) is 0 Å². The lowest BCUT2D eigenvalue weighted by Crippen LogP contribution is -2.56. The van der Waals surface area contributed by atoms with Gasteiger partial charge in [-0.3, -0.25) is 4.79 Å². The van der Waals surface area contributed by atoms with Crippen molar-refractivity contribution >= 4 is 106 Å². The number of fused-ring (bicyclic) bond motifs is 1. The molecule has 0 aliphatic rings. The molecular formula is C22H18Br2Cl3N3OS. The van der Waals surface area contributed by atoms with Gasteiger partial charge in [0.1, 0.15) is 6.17 Å². The normalized spacial score (nSPS) is 12.3. The minimum Gasteiger partial charge on any atom is -0.339 e. The van der Waals surface area contributed by atoms with Crippen LogP contribution >= 0.6 is 78.9 Å². The highest BCUT2D eigenvalue weighted by molar-refractivity contribution is 9.11. The van der Waals surface area contributed by atoms with Crippen LogP contribution in [0.3, 0.4) is 0 Å². The summed E-state index contributed by atoms with van der Waals surface area (Å²) in [5.74, 6) is -0.311. The second-order valence-electron chi connectivity index (χ2n) is 7.04. The van der Waals surface area contributed by atoms with Crippen LogP contribution in [0.2, 0.25) is 0 Å². The fourth-order valence-electron chi connectivity index (χ4n) is 3.17. The summed E-state index contributed by atoms with van der Waals surface area (Å²) >= 11 is 30.7. The van der Waals surface area contributed by atoms with Crippen molar-refractivity contribution in [1.29, 1.82) is 0 Å². The molecule has 0 aromatic heterocycles. The number of carbonyl (C=O) groups is 1. The molecule has 3 aromatic rings. The molecule has 3 N–H and O–H groups in total. The zero-order valence-corrected chi connectivity index (χ0v) is 22.9. The summed E-state index contributed by atoms with van der Waals surface area (Å²) in [6, 6.07) is 17.5. The van der Waals surface area contributed by atoms with Crippen LogP contribution in [-0.2, 0) is 11.2 Å². The van der Waals surface area contributed by atoms with Crippen molar-refractivity contribution < 1.29 is 4.79 Å². The van der Waals surface area contributed by atoms with Crippen LogP contribution < -0.4 is 16.0 Å². The first-order valence-electron chi connectivity index (χ1n) is 9.40. The largest absolute Gasteiger partial charge is 0.339 e. The maximum atomic E-state index is 12.8. The molecule has 0 radical (unpaired) electrons. The standard InChI is InChI=1S/C22H18Br2Cl3N3OS/c1-12-9-15(23)11-17(24)19(12)29-21(32)30-20(22(25,26)27)28-18(31)10-14-7-4-6-13-5-2-3-8-16(13)14/h2-9,11,20H,10H2,1H3,(H,28,31)(H2,29,30,32). The molecule has 0 spiro atoms. The van der Waals surface area contributed by atoms with Gasteiger partial charge >= 0.3 is 0 Å². The molecule has 1 amide bonds. The number of carbonyl (C=O) groups excluding carboxylic acids is 1. The number of halogens is 5. The van der Waals surface area contributed by atoms with E-state index < -0.39 is 9.96 Å². The lowest BCUT2D eigenvalue weighted by atomic mass is 10.0. The van der Waals surface area contributed by atoms with E-state index in [2.05, 4.69) is 47.8 Å². The van der Waals surface area contributed by atoms with E-state index in [0.29, 0.717) is 0 Å². The van der Waals surface area contributed by atoms with E-state index in [4.69, 9.17) is 47.0 Å². The summed E-state index contributed by atoms with van der Waals surface area (Å²) in [6.45, 7) is 1.93. The number of hydrogen-bond acceptors (Lipinski definition) is 2. The Balaban J connectivity index is 1.71. The first-order chi connectivity index (χ1) is 15.0. The monoisotopic (exact) mass is 635 g/mol. The zero-order valence-electron chi connectivity index (χ0n) is 16.7. The molecule has 0 saturated heterocycles. The van der Waals surface area contributed by atoms with Crippen LogP contribution in [-0.4, -0.2) is 21.0 Å². The molecular weight excluding hydrogens is 620 g/mol. The van der Waals surface area contributed by atoms with Gasteiger partial charge in [0.2, 0.25) is 9.70 Å². The lowest BCUT2D eigenvalue weighted by molar-refractivity contribution is -0.121. The van der Waals surface area contributed by atoms with Gasteiger partial charge < -0.3 is 16.0 Å². The average molecular weight is 639 g/mol. The maximum Gasteiger partial charge on any atom is 0.228 e. The van der Waals surface area contributed by atoms with E-state index in [1.54, 1.807) is 0 Å². The van der Waals surface area contributed by atoms with Crippen LogP contribution in [0, 0.1) is 6.92 Å². The second kappa shape index (κ2) is 10.9. The summed E-state index contributed by atoms with van der Waals surface area (Å²) in [5, 5.41) is 10.9. The zero-order chi connectivity index (χ0) is 23.5. The molecule has 3 rings (SSSR count). The van der Waals surface area contributed by atoms with Crippen molar-refractivity contribution in [3.05, 3.63) is 74.7 Å². The molecule has 32 heavy (non-hydrogen) atoms. The Morgan fingerprint density at radius 3 is 2.44 bits per heavy atom. The highest BCUT2D eigenvalue weighted by atomic mass is 79.9. The van der Waals surface area contributed by atoms with Crippen LogP contribution in [0.15, 0.2) is 63.5 Å². The third-order valence-corrected chi connectivity index (χ3v) is 6.59. The minimum absolute atomic E-state index is 0.123. The molecule has 0 aliphatic carbocycles. The predicted molar refractivity (Wildman–Crippen MR) is 146 cm³/mol. The Hall–Kier alpha value is -1.09. The SMILES string of the molecule is Cc1cc(Br)cc(Br)c1NC(=S)NC(NC(=O)Cc1cccc2ccccc12)C(Cl)(Cl)Cl. The molecule has 10 heteroatoms. The number of thiocarbonyl (C=S) groups is 1. The van der Waals surface area contributed by atoms with E-state index in [9.17, 15) is 4.79 Å². The summed E-state index contributed by atoms with van der Waals surface area (Å²) in [5.41, 5.74) is 2.58. The molecule has 0 bridgehead atoms. The van der Waals surface area contributed by atoms with Crippen molar-refractivity contribution in [3.63, 3.8) is 0 Å². The Labute approximate surface area is 223 Å². The quantitative estimate of drug-likeness (QED) is 0.160. The first kappa shape index (κ1) is 25.5. The number of amides is 1. The number of rotatable bonds is 5. The summed E-state index contributed by atoms with van der Waals surface area (Å²) < 4.78 is -0.114. The highest BCUT2D eigenvalue weighted by Crippen LogP contribution is 2.31. The number of alkyl halides is 3. The molecule has 0 aliphatic heterocycles. The number of aryl methyl sites for hydroxylation is 1. The summed E-state index contributed by atoms with van der Waals surface area (Å²) in [4.78, 5) is 12.8. The van der Waals surface area contributed by atoms with Crippen LogP contribution in [0.4, 0.5) is 5.69 Å². The van der Waals surface area contributed by atoms with Crippen molar-refractivity contribution in [2.24, 2.45) is 0 Å². The van der Waals surface area contributed by atoms with Crippen molar-refractivity contribution in [2.75, 3.05) is 5.32 Å². The van der Waals surface area contributed by atoms with Gasteiger partial charge in [-0.1, -0.05) is 93.2 Å². The number of hydrogen-bond donors (Lipinski definition) is 3. The number of nitrogens with one attached hydrogen (secondary N) is 3. The van der Waals surface area contributed by atoms with Gasteiger partial charge in [-0.2, -0.15) is 0 Å². The van der Waals surface area contributed by atoms with Gasteiger partial charge in [0.25, 0.3) is 0 Å². The van der Waals surface area contributed by atoms with E-state index >= 15 is 0 Å². The molecule has 1 atom stereocenters. The van der Waals surface area contributed by atoms with E-state index in [0.717, 1.165) is 36.5 Å². The third kappa shape index (κ3) is 6.72. The summed E-state index contributed by atoms with van der Waals surface area (Å²) in [6.07, 6.45) is -0.929. The van der Waals surface area contributed by atoms with E-state index in [1.165, 1.54) is 0 Å². The Morgan fingerprint density at radius 1 is 1.06 bits per heavy atom. The molecule has 4 nitrogen and oxygen atoms in total. The predicted octanol–water partition coefficient (Wildman–Crippen LogP) is 7.01. The fraction of sp³-hybridized carbons (Fsp3) is 0.182. The van der Waals surface area contributed by atoms with Crippen molar-refractivity contribution in [1.82, 2.24) is 10.6 Å². The Kier molecular flexibility index (Phi) is 8.69. The topological polar surface area (TPSA) is 53.2 Å². The molecule has 1 unspecified atom stereocenters. The Bertz CT molecular complexity index is 1140. The smallest absolute Gasteiger partial charge is 0.228 e. The molecule has 0 saturated carbocycles. The first-order valence-corrected chi connectivity index (χ1v) is 12.5.